The predicted molar refractivity (Wildman–Crippen MR) is 195 cm³/mol. The first-order valence-electron chi connectivity index (χ1n) is 20.7. The molecule has 3 rings (SSSR count). The largest absolute Gasteiger partial charge is 0.457 e. The highest BCUT2D eigenvalue weighted by Crippen LogP contribution is 2.29. The van der Waals surface area contributed by atoms with Crippen LogP contribution in [0.15, 0.2) is 0 Å². The summed E-state index contributed by atoms with van der Waals surface area (Å²) in [7, 11) is 0. The summed E-state index contributed by atoms with van der Waals surface area (Å²) in [4.78, 5) is 11.8. The van der Waals surface area contributed by atoms with Crippen molar-refractivity contribution in [1.29, 1.82) is 0 Å². The van der Waals surface area contributed by atoms with Gasteiger partial charge in [-0.2, -0.15) is 0 Å². The smallest absolute Gasteiger partial charge is 0.303 e. The summed E-state index contributed by atoms with van der Waals surface area (Å²) in [6, 6.07) is 0. The highest BCUT2D eigenvalue weighted by Gasteiger charge is 2.49. The van der Waals surface area contributed by atoms with Crippen molar-refractivity contribution < 1.29 is 68.6 Å². The molecule has 312 valence electrons. The molecule has 0 unspecified atom stereocenters. The SMILES string of the molecule is CCCCCCCCCCCCCCCCCCCCCCO[C@H]1OC[C@@H](O[C@H]2OC[C@@H](O[C@H]3OC[C@@H](O)[C@@H](O)[C@@H]3O)[C@@H](OC(C)=O)[C@@H]2O)[C@H](O)[C@@H]1O. The Labute approximate surface area is 316 Å². The standard InChI is InChI=1S/C39H72O14/c1-3-4-5-6-7-8-9-10-11-12-13-14-15-16-17-18-19-20-21-22-23-47-37-34(45)32(43)29(25-49-37)52-39-35(46)36(51-27(2)40)30(26-50-39)53-38-33(44)31(42)28(41)24-48-38/h28-39,41-46H,3-26H2,1-2H3/t28-,29-,30-,31-,32+,33+,34+,35+,36-,37+,38-,39-/m1/s1. The fraction of sp³-hybridized carbons (Fsp3) is 0.974. The second-order valence-corrected chi connectivity index (χ2v) is 15.1. The van der Waals surface area contributed by atoms with Gasteiger partial charge in [0.1, 0.15) is 48.8 Å². The van der Waals surface area contributed by atoms with Crippen LogP contribution >= 0.6 is 0 Å². The summed E-state index contributed by atoms with van der Waals surface area (Å²) in [5, 5.41) is 62.3. The zero-order valence-electron chi connectivity index (χ0n) is 32.3. The third-order valence-corrected chi connectivity index (χ3v) is 10.5. The van der Waals surface area contributed by atoms with Crippen LogP contribution in [0.5, 0.6) is 0 Å². The third kappa shape index (κ3) is 16.9. The Bertz CT molecular complexity index is 944. The number of aliphatic hydroxyl groups is 6. The minimum atomic E-state index is -1.61. The molecule has 0 amide bonds. The van der Waals surface area contributed by atoms with Gasteiger partial charge < -0.3 is 63.8 Å². The van der Waals surface area contributed by atoms with Crippen LogP contribution in [0.2, 0.25) is 0 Å². The topological polar surface area (TPSA) is 203 Å². The molecule has 0 radical (unpaired) electrons. The predicted octanol–water partition coefficient (Wildman–Crippen LogP) is 3.76. The van der Waals surface area contributed by atoms with E-state index in [9.17, 15) is 35.4 Å². The minimum Gasteiger partial charge on any atom is -0.457 e. The van der Waals surface area contributed by atoms with Gasteiger partial charge in [0, 0.05) is 13.5 Å². The number of rotatable bonds is 27. The van der Waals surface area contributed by atoms with Gasteiger partial charge >= 0.3 is 5.97 Å². The van der Waals surface area contributed by atoms with Gasteiger partial charge in [0.2, 0.25) is 0 Å². The van der Waals surface area contributed by atoms with Crippen molar-refractivity contribution in [1.82, 2.24) is 0 Å². The summed E-state index contributed by atoms with van der Waals surface area (Å²) in [5.74, 6) is -0.736. The van der Waals surface area contributed by atoms with Crippen LogP contribution in [-0.2, 0) is 38.0 Å². The van der Waals surface area contributed by atoms with E-state index in [0.717, 1.165) is 26.2 Å². The molecule has 6 N–H and O–H groups in total. The Balaban J connectivity index is 1.21. The van der Waals surface area contributed by atoms with Gasteiger partial charge in [0.05, 0.1) is 19.8 Å². The van der Waals surface area contributed by atoms with Gasteiger partial charge in [-0.25, -0.2) is 0 Å². The van der Waals surface area contributed by atoms with Crippen LogP contribution < -0.4 is 0 Å². The fourth-order valence-corrected chi connectivity index (χ4v) is 7.17. The van der Waals surface area contributed by atoms with Crippen molar-refractivity contribution in [3.63, 3.8) is 0 Å². The van der Waals surface area contributed by atoms with Gasteiger partial charge in [-0.05, 0) is 6.42 Å². The van der Waals surface area contributed by atoms with E-state index in [1.165, 1.54) is 109 Å². The van der Waals surface area contributed by atoms with Gasteiger partial charge in [0.25, 0.3) is 0 Å². The normalized spacial score (nSPS) is 33.6. The molecule has 0 spiro atoms. The number of unbranched alkanes of at least 4 members (excludes halogenated alkanes) is 19. The van der Waals surface area contributed by atoms with E-state index in [1.54, 1.807) is 0 Å². The van der Waals surface area contributed by atoms with E-state index in [0.29, 0.717) is 6.61 Å². The van der Waals surface area contributed by atoms with E-state index < -0.39 is 79.8 Å². The molecule has 0 aromatic heterocycles. The van der Waals surface area contributed by atoms with Crippen molar-refractivity contribution in [3.05, 3.63) is 0 Å². The Kier molecular flexibility index (Phi) is 23.4. The first kappa shape index (κ1) is 46.4. The quantitative estimate of drug-likeness (QED) is 0.0521. The van der Waals surface area contributed by atoms with Crippen molar-refractivity contribution >= 4 is 5.97 Å². The first-order valence-corrected chi connectivity index (χ1v) is 20.7. The molecule has 0 bridgehead atoms. The highest BCUT2D eigenvalue weighted by atomic mass is 16.8. The average Bonchev–Trinajstić information content (AvgIpc) is 3.14. The lowest BCUT2D eigenvalue weighted by atomic mass is 10.0. The van der Waals surface area contributed by atoms with E-state index in [-0.39, 0.29) is 19.8 Å². The van der Waals surface area contributed by atoms with Crippen LogP contribution in [0.1, 0.15) is 142 Å². The molecule has 3 saturated heterocycles. The second kappa shape index (κ2) is 26.8. The third-order valence-electron chi connectivity index (χ3n) is 10.5. The summed E-state index contributed by atoms with van der Waals surface area (Å²) in [5.41, 5.74) is 0. The molecule has 3 aliphatic rings. The van der Waals surface area contributed by atoms with Gasteiger partial charge in [-0.1, -0.05) is 129 Å². The molecule has 0 aromatic carbocycles. The molecule has 14 heteroatoms. The van der Waals surface area contributed by atoms with Gasteiger partial charge in [-0.15, -0.1) is 0 Å². The molecule has 0 aromatic rings. The molecular weight excluding hydrogens is 692 g/mol. The van der Waals surface area contributed by atoms with Crippen molar-refractivity contribution in [2.24, 2.45) is 0 Å². The van der Waals surface area contributed by atoms with E-state index >= 15 is 0 Å². The lowest BCUT2D eigenvalue weighted by Gasteiger charge is -2.44. The van der Waals surface area contributed by atoms with Crippen molar-refractivity contribution in [2.75, 3.05) is 26.4 Å². The molecular formula is C39H72O14. The number of ether oxygens (including phenoxy) is 7. The fourth-order valence-electron chi connectivity index (χ4n) is 7.17. The number of carbonyl (C=O) groups is 1. The van der Waals surface area contributed by atoms with Crippen LogP contribution in [-0.4, -0.2) is 137 Å². The number of hydrogen-bond donors (Lipinski definition) is 6. The molecule has 3 aliphatic heterocycles. The monoisotopic (exact) mass is 764 g/mol. The molecule has 12 atom stereocenters. The number of hydrogen-bond acceptors (Lipinski definition) is 14. The van der Waals surface area contributed by atoms with Gasteiger partial charge in [-0.3, -0.25) is 4.79 Å². The summed E-state index contributed by atoms with van der Waals surface area (Å²) in [6.07, 6.45) is 9.75. The maximum Gasteiger partial charge on any atom is 0.303 e. The van der Waals surface area contributed by atoms with Gasteiger partial charge in [0.15, 0.2) is 25.0 Å². The Hall–Kier alpha value is -1.01. The molecule has 3 fully saturated rings. The van der Waals surface area contributed by atoms with E-state index in [1.807, 2.05) is 0 Å². The average molecular weight is 765 g/mol. The molecule has 53 heavy (non-hydrogen) atoms. The Morgan fingerprint density at radius 2 is 0.925 bits per heavy atom. The summed E-state index contributed by atoms with van der Waals surface area (Å²) in [6.45, 7) is 3.03. The molecule has 0 aliphatic carbocycles. The first-order chi connectivity index (χ1) is 25.6. The Morgan fingerprint density at radius 1 is 0.509 bits per heavy atom. The van der Waals surface area contributed by atoms with E-state index in [4.69, 9.17) is 33.2 Å². The summed E-state index contributed by atoms with van der Waals surface area (Å²) >= 11 is 0. The van der Waals surface area contributed by atoms with Crippen LogP contribution in [0.4, 0.5) is 0 Å². The van der Waals surface area contributed by atoms with Crippen LogP contribution in [0.3, 0.4) is 0 Å². The number of aliphatic hydroxyl groups excluding tert-OH is 6. The zero-order valence-corrected chi connectivity index (χ0v) is 32.3. The van der Waals surface area contributed by atoms with E-state index in [2.05, 4.69) is 6.92 Å². The zero-order chi connectivity index (χ0) is 38.4. The lowest BCUT2D eigenvalue weighted by molar-refractivity contribution is -0.349. The maximum atomic E-state index is 11.8. The van der Waals surface area contributed by atoms with Crippen molar-refractivity contribution in [3.8, 4) is 0 Å². The number of carbonyl (C=O) groups excluding carboxylic acids is 1. The second-order valence-electron chi connectivity index (χ2n) is 15.1. The van der Waals surface area contributed by atoms with Crippen molar-refractivity contribution in [2.45, 2.75) is 216 Å². The molecule has 3 heterocycles. The summed E-state index contributed by atoms with van der Waals surface area (Å²) < 4.78 is 38.9. The Morgan fingerprint density at radius 3 is 1.45 bits per heavy atom. The molecule has 0 saturated carbocycles. The van der Waals surface area contributed by atoms with Crippen LogP contribution in [0.25, 0.3) is 0 Å². The maximum absolute atomic E-state index is 11.8. The van der Waals surface area contributed by atoms with Crippen LogP contribution in [0, 0.1) is 0 Å². The number of esters is 1. The highest BCUT2D eigenvalue weighted by molar-refractivity contribution is 5.66. The minimum absolute atomic E-state index is 0.158. The molecule has 14 nitrogen and oxygen atoms in total. The lowest BCUT2D eigenvalue weighted by Crippen LogP contribution is -2.62.